The zero-order valence-electron chi connectivity index (χ0n) is 15.6. The average molecular weight is 417 g/mol. The Morgan fingerprint density at radius 2 is 1.96 bits per heavy atom. The number of esters is 1. The number of nitrogens with two attached hydrogens (primary N) is 1. The van der Waals surface area contributed by atoms with Crippen molar-refractivity contribution in [3.05, 3.63) is 28.8 Å². The van der Waals surface area contributed by atoms with Gasteiger partial charge in [0, 0.05) is 6.04 Å². The quantitative estimate of drug-likeness (QED) is 0.715. The van der Waals surface area contributed by atoms with Crippen LogP contribution in [0, 0.1) is 11.8 Å². The van der Waals surface area contributed by atoms with Crippen LogP contribution in [0.3, 0.4) is 0 Å². The van der Waals surface area contributed by atoms with E-state index in [1.165, 1.54) is 19.1 Å². The van der Waals surface area contributed by atoms with Crippen molar-refractivity contribution in [2.24, 2.45) is 17.0 Å². The van der Waals surface area contributed by atoms with Gasteiger partial charge in [-0.05, 0) is 43.4 Å². The molecule has 1 aliphatic rings. The van der Waals surface area contributed by atoms with E-state index in [2.05, 4.69) is 19.2 Å². The summed E-state index contributed by atoms with van der Waals surface area (Å²) in [6.07, 6.45) is 2.02. The van der Waals surface area contributed by atoms with Gasteiger partial charge in [-0.3, -0.25) is 4.79 Å². The molecule has 1 aliphatic carbocycles. The molecule has 1 fully saturated rings. The highest BCUT2D eigenvalue weighted by Crippen LogP contribution is 2.29. The number of sulfonamides is 1. The van der Waals surface area contributed by atoms with Gasteiger partial charge in [0.05, 0.1) is 15.5 Å². The predicted molar refractivity (Wildman–Crippen MR) is 102 cm³/mol. The number of primary sulfonamides is 1. The fourth-order valence-corrected chi connectivity index (χ4v) is 3.94. The monoisotopic (exact) mass is 416 g/mol. The molecular weight excluding hydrogens is 392 g/mol. The van der Waals surface area contributed by atoms with Crippen LogP contribution >= 0.6 is 11.6 Å². The molecule has 1 amide bonds. The lowest BCUT2D eigenvalue weighted by molar-refractivity contribution is -0.130. The van der Waals surface area contributed by atoms with Crippen molar-refractivity contribution < 1.29 is 22.7 Å². The highest BCUT2D eigenvalue weighted by atomic mass is 35.5. The van der Waals surface area contributed by atoms with Crippen molar-refractivity contribution in [1.82, 2.24) is 5.32 Å². The molecule has 0 saturated heterocycles. The van der Waals surface area contributed by atoms with Crippen molar-refractivity contribution in [2.45, 2.75) is 57.1 Å². The molecule has 0 aromatic heterocycles. The lowest BCUT2D eigenvalue weighted by Crippen LogP contribution is -2.47. The number of carbonyl (C=O) groups is 2. The van der Waals surface area contributed by atoms with E-state index in [1.54, 1.807) is 0 Å². The Balaban J connectivity index is 2.06. The van der Waals surface area contributed by atoms with Crippen molar-refractivity contribution in [3.8, 4) is 0 Å². The van der Waals surface area contributed by atoms with E-state index in [1.807, 2.05) is 0 Å². The second-order valence-corrected chi connectivity index (χ2v) is 9.09. The number of carbonyl (C=O) groups excluding carboxylic acids is 2. The first-order chi connectivity index (χ1) is 12.5. The van der Waals surface area contributed by atoms with E-state index in [-0.39, 0.29) is 21.5 Å². The molecule has 0 radical (unpaired) electrons. The number of hydrogen-bond acceptors (Lipinski definition) is 5. The molecule has 4 atom stereocenters. The summed E-state index contributed by atoms with van der Waals surface area (Å²) in [5.41, 5.74) is -0.164. The molecular formula is C18H25ClN2O5S. The Morgan fingerprint density at radius 1 is 1.30 bits per heavy atom. The standard InChI is InChI=1S/C18H25ClN2O5S/c1-10-5-4-6-16(11(10)2)21-17(22)12(3)26-18(23)14-9-13(27(20,24)25)7-8-15(14)19/h7-12,16H,4-6H2,1-3H3,(H,21,22)(H2,20,24,25)/t10-,11+,12+,16+/m1/s1. The van der Waals surface area contributed by atoms with Gasteiger partial charge in [-0.2, -0.15) is 0 Å². The number of hydrogen-bond donors (Lipinski definition) is 2. The van der Waals surface area contributed by atoms with E-state index in [9.17, 15) is 18.0 Å². The first-order valence-corrected chi connectivity index (χ1v) is 10.8. The van der Waals surface area contributed by atoms with Crippen LogP contribution in [0.25, 0.3) is 0 Å². The van der Waals surface area contributed by atoms with Crippen molar-refractivity contribution in [2.75, 3.05) is 0 Å². The van der Waals surface area contributed by atoms with Gasteiger partial charge in [0.15, 0.2) is 6.10 Å². The molecule has 0 heterocycles. The van der Waals surface area contributed by atoms with E-state index < -0.39 is 28.0 Å². The lowest BCUT2D eigenvalue weighted by atomic mass is 9.78. The van der Waals surface area contributed by atoms with Gasteiger partial charge in [-0.15, -0.1) is 0 Å². The summed E-state index contributed by atoms with van der Waals surface area (Å²) in [7, 11) is -4.00. The molecule has 1 aromatic carbocycles. The van der Waals surface area contributed by atoms with Crippen LogP contribution in [0.4, 0.5) is 0 Å². The third kappa shape index (κ3) is 5.43. The molecule has 0 unspecified atom stereocenters. The van der Waals surface area contributed by atoms with E-state index in [0.717, 1.165) is 25.3 Å². The molecule has 150 valence electrons. The highest BCUT2D eigenvalue weighted by molar-refractivity contribution is 7.89. The van der Waals surface area contributed by atoms with E-state index >= 15 is 0 Å². The van der Waals surface area contributed by atoms with Crippen LogP contribution in [0.1, 0.15) is 50.4 Å². The Labute approximate surface area is 164 Å². The number of nitrogens with one attached hydrogen (secondary N) is 1. The summed E-state index contributed by atoms with van der Waals surface area (Å²) < 4.78 is 28.1. The molecule has 0 aliphatic heterocycles. The Bertz CT molecular complexity index is 827. The van der Waals surface area contributed by atoms with Crippen LogP contribution in [-0.2, 0) is 19.6 Å². The van der Waals surface area contributed by atoms with Crippen molar-refractivity contribution in [1.29, 1.82) is 0 Å². The Hall–Kier alpha value is -1.64. The lowest BCUT2D eigenvalue weighted by Gasteiger charge is -2.35. The minimum atomic E-state index is -4.00. The smallest absolute Gasteiger partial charge is 0.340 e. The van der Waals surface area contributed by atoms with Gasteiger partial charge in [-0.25, -0.2) is 18.4 Å². The highest BCUT2D eigenvalue weighted by Gasteiger charge is 2.30. The largest absolute Gasteiger partial charge is 0.449 e. The predicted octanol–water partition coefficient (Wildman–Crippen LogP) is 2.47. The van der Waals surface area contributed by atoms with Crippen LogP contribution in [0.2, 0.25) is 5.02 Å². The van der Waals surface area contributed by atoms with Crippen molar-refractivity contribution >= 4 is 33.5 Å². The summed E-state index contributed by atoms with van der Waals surface area (Å²) in [5, 5.41) is 8.02. The van der Waals surface area contributed by atoms with Crippen molar-refractivity contribution in [3.63, 3.8) is 0 Å². The number of ether oxygens (including phenoxy) is 1. The summed E-state index contributed by atoms with van der Waals surface area (Å²) in [6, 6.07) is 3.51. The molecule has 9 heteroatoms. The molecule has 7 nitrogen and oxygen atoms in total. The Kier molecular flexibility index (Phi) is 6.88. The fraction of sp³-hybridized carbons (Fsp3) is 0.556. The summed E-state index contributed by atoms with van der Waals surface area (Å²) in [5.74, 6) is -0.431. The number of halogens is 1. The minimum absolute atomic E-state index is 0.00901. The Morgan fingerprint density at radius 3 is 2.59 bits per heavy atom. The first kappa shape index (κ1) is 21.7. The third-order valence-electron chi connectivity index (χ3n) is 5.17. The third-order valence-corrected chi connectivity index (χ3v) is 6.41. The molecule has 0 spiro atoms. The van der Waals surface area contributed by atoms with Gasteiger partial charge < -0.3 is 10.1 Å². The summed E-state index contributed by atoms with van der Waals surface area (Å²) in [6.45, 7) is 5.72. The number of rotatable bonds is 5. The summed E-state index contributed by atoms with van der Waals surface area (Å²) in [4.78, 5) is 24.5. The zero-order valence-corrected chi connectivity index (χ0v) is 17.1. The second-order valence-electron chi connectivity index (χ2n) is 7.12. The first-order valence-electron chi connectivity index (χ1n) is 8.84. The van der Waals surface area contributed by atoms with Crippen LogP contribution < -0.4 is 10.5 Å². The topological polar surface area (TPSA) is 116 Å². The minimum Gasteiger partial charge on any atom is -0.449 e. The van der Waals surface area contributed by atoms with E-state index in [4.69, 9.17) is 21.5 Å². The van der Waals surface area contributed by atoms with Crippen LogP contribution in [-0.4, -0.2) is 32.4 Å². The maximum absolute atomic E-state index is 12.4. The maximum Gasteiger partial charge on any atom is 0.340 e. The molecule has 3 N–H and O–H groups in total. The summed E-state index contributed by atoms with van der Waals surface area (Å²) >= 11 is 5.96. The van der Waals surface area contributed by atoms with E-state index in [0.29, 0.717) is 11.8 Å². The molecule has 0 bridgehead atoms. The maximum atomic E-state index is 12.4. The SMILES string of the molecule is C[C@H]1[C@H](C)CCC[C@@H]1NC(=O)[C@H](C)OC(=O)c1cc(S(N)(=O)=O)ccc1Cl. The molecule has 2 rings (SSSR count). The van der Waals surface area contributed by atoms with Crippen LogP contribution in [0.15, 0.2) is 23.1 Å². The zero-order chi connectivity index (χ0) is 20.4. The van der Waals surface area contributed by atoms with Gasteiger partial charge >= 0.3 is 5.97 Å². The molecule has 1 aromatic rings. The van der Waals surface area contributed by atoms with Gasteiger partial charge in [0.25, 0.3) is 5.91 Å². The van der Waals surface area contributed by atoms with Gasteiger partial charge in [-0.1, -0.05) is 38.3 Å². The molecule has 27 heavy (non-hydrogen) atoms. The van der Waals surface area contributed by atoms with Gasteiger partial charge in [0.2, 0.25) is 10.0 Å². The molecule has 1 saturated carbocycles. The van der Waals surface area contributed by atoms with Gasteiger partial charge in [0.1, 0.15) is 0 Å². The number of amides is 1. The number of benzene rings is 1. The fourth-order valence-electron chi connectivity index (χ4n) is 3.20. The average Bonchev–Trinajstić information content (AvgIpc) is 2.58. The second kappa shape index (κ2) is 8.58. The van der Waals surface area contributed by atoms with Crippen LogP contribution in [0.5, 0.6) is 0 Å². The normalized spacial score (nSPS) is 24.1.